The molecule has 2 N–H and O–H groups in total. The van der Waals surface area contributed by atoms with Gasteiger partial charge in [0.1, 0.15) is 5.82 Å². The van der Waals surface area contributed by atoms with Gasteiger partial charge in [-0.15, -0.1) is 0 Å². The molecule has 0 aliphatic carbocycles. The number of benzene rings is 1. The van der Waals surface area contributed by atoms with Crippen molar-refractivity contribution in [3.05, 3.63) is 57.9 Å². The Morgan fingerprint density at radius 1 is 1.08 bits per heavy atom. The maximum Gasteiger partial charge on any atom is 0.279 e. The fourth-order valence-corrected chi connectivity index (χ4v) is 3.46. The number of carbonyl (C=O) groups is 3. The molecule has 1 aromatic carbocycles. The van der Waals surface area contributed by atoms with Crippen LogP contribution in [0.3, 0.4) is 0 Å². The minimum absolute atomic E-state index is 0.0502. The van der Waals surface area contributed by atoms with Crippen LogP contribution in [0.1, 0.15) is 61.9 Å². The number of Topliss-reactive ketones (excluding diaryl/α,β-unsaturated/α-hetero) is 2. The average molecular weight is 497 g/mol. The number of aromatic amines is 1. The smallest absolute Gasteiger partial charge is 0.279 e. The zero-order chi connectivity index (χ0) is 26.6. The molecule has 3 aromatic rings. The lowest BCUT2D eigenvalue weighted by Crippen LogP contribution is -2.42. The van der Waals surface area contributed by atoms with Crippen LogP contribution in [-0.2, 0) is 16.1 Å². The number of nitrogens with zero attached hydrogens (tertiary/aromatic N) is 4. The quantitative estimate of drug-likeness (QED) is 0.437. The van der Waals surface area contributed by atoms with Gasteiger partial charge in [-0.3, -0.25) is 19.2 Å². The summed E-state index contributed by atoms with van der Waals surface area (Å²) in [7, 11) is 1.82. The normalized spacial score (nSPS) is 12.9. The van der Waals surface area contributed by atoms with E-state index in [9.17, 15) is 23.6 Å². The number of rotatable bonds is 10. The van der Waals surface area contributed by atoms with Crippen molar-refractivity contribution in [2.45, 2.75) is 58.8 Å². The van der Waals surface area contributed by atoms with Gasteiger partial charge in [0.25, 0.3) is 11.5 Å². The van der Waals surface area contributed by atoms with Gasteiger partial charge in [-0.05, 0) is 38.1 Å². The largest absolute Gasteiger partial charge is 0.369 e. The molecule has 3 rings (SSSR count). The number of nitrogens with one attached hydrogen (secondary N) is 2. The van der Waals surface area contributed by atoms with E-state index in [1.54, 1.807) is 30.5 Å². The van der Waals surface area contributed by atoms with E-state index in [2.05, 4.69) is 25.3 Å². The molecule has 2 heterocycles. The second kappa shape index (κ2) is 11.1. The van der Waals surface area contributed by atoms with Gasteiger partial charge in [-0.2, -0.15) is 0 Å². The standard InChI is InChI=1S/C25H29FN6O4/c1-13(2)22-30-23-21(25(36)31-22)28-17(11-27-23)12-32(5)18-8-6-16(7-9-18)24(35)29-20(15(4)34)10-19(26)14(3)33/h6-9,11,13,19-20H,10,12H2,1-5H3,(H,29,35)(H,27,30,31,36). The van der Waals surface area contributed by atoms with Crippen molar-refractivity contribution in [1.29, 1.82) is 0 Å². The Kier molecular flexibility index (Phi) is 8.23. The monoisotopic (exact) mass is 496 g/mol. The van der Waals surface area contributed by atoms with Gasteiger partial charge in [0.2, 0.25) is 0 Å². The van der Waals surface area contributed by atoms with Crippen molar-refractivity contribution in [2.75, 3.05) is 11.9 Å². The van der Waals surface area contributed by atoms with Gasteiger partial charge in [0.15, 0.2) is 28.9 Å². The van der Waals surface area contributed by atoms with Crippen LogP contribution in [-0.4, -0.2) is 56.7 Å². The molecule has 0 aliphatic heterocycles. The third-order valence-corrected chi connectivity index (χ3v) is 5.68. The maximum atomic E-state index is 13.8. The van der Waals surface area contributed by atoms with E-state index in [1.165, 1.54) is 6.92 Å². The van der Waals surface area contributed by atoms with E-state index in [-0.39, 0.29) is 28.2 Å². The highest BCUT2D eigenvalue weighted by molar-refractivity contribution is 5.98. The number of anilines is 1. The Morgan fingerprint density at radius 3 is 2.33 bits per heavy atom. The number of H-pyrrole nitrogens is 1. The molecule has 10 nitrogen and oxygen atoms in total. The molecule has 190 valence electrons. The molecule has 1 amide bonds. The van der Waals surface area contributed by atoms with Gasteiger partial charge < -0.3 is 15.2 Å². The summed E-state index contributed by atoms with van der Waals surface area (Å²) < 4.78 is 13.8. The number of carbonyl (C=O) groups excluding carboxylic acids is 3. The lowest BCUT2D eigenvalue weighted by Gasteiger charge is -2.20. The summed E-state index contributed by atoms with van der Waals surface area (Å²) in [5.41, 5.74) is 1.71. The first kappa shape index (κ1) is 26.6. The summed E-state index contributed by atoms with van der Waals surface area (Å²) in [5.74, 6) is -1.08. The van der Waals surface area contributed by atoms with Crippen LogP contribution in [0.5, 0.6) is 0 Å². The molecule has 2 aromatic heterocycles. The van der Waals surface area contributed by atoms with E-state index in [1.807, 2.05) is 25.8 Å². The number of amides is 1. The fraction of sp³-hybridized carbons (Fsp3) is 0.400. The third-order valence-electron chi connectivity index (χ3n) is 5.68. The number of alkyl halides is 1. The van der Waals surface area contributed by atoms with Gasteiger partial charge in [-0.1, -0.05) is 13.8 Å². The van der Waals surface area contributed by atoms with Crippen LogP contribution in [0.25, 0.3) is 11.2 Å². The molecule has 36 heavy (non-hydrogen) atoms. The molecular weight excluding hydrogens is 467 g/mol. The molecule has 2 atom stereocenters. The Balaban J connectivity index is 1.70. The molecule has 0 fully saturated rings. The zero-order valence-electron chi connectivity index (χ0n) is 20.8. The lowest BCUT2D eigenvalue weighted by atomic mass is 10.0. The highest BCUT2D eigenvalue weighted by Gasteiger charge is 2.25. The van der Waals surface area contributed by atoms with Gasteiger partial charge in [0, 0.05) is 30.6 Å². The van der Waals surface area contributed by atoms with E-state index in [0.29, 0.717) is 18.1 Å². The molecule has 0 bridgehead atoms. The lowest BCUT2D eigenvalue weighted by molar-refractivity contribution is -0.123. The first-order valence-corrected chi connectivity index (χ1v) is 11.5. The summed E-state index contributed by atoms with van der Waals surface area (Å²) in [4.78, 5) is 65.6. The molecular formula is C25H29FN6O4. The number of ketones is 2. The molecule has 0 aliphatic rings. The van der Waals surface area contributed by atoms with E-state index >= 15 is 0 Å². The maximum absolute atomic E-state index is 13.8. The van der Waals surface area contributed by atoms with Crippen molar-refractivity contribution in [3.63, 3.8) is 0 Å². The van der Waals surface area contributed by atoms with Crippen molar-refractivity contribution in [3.8, 4) is 0 Å². The number of halogens is 1. The Bertz CT molecular complexity index is 1340. The Labute approximate surface area is 207 Å². The van der Waals surface area contributed by atoms with Crippen molar-refractivity contribution in [2.24, 2.45) is 0 Å². The summed E-state index contributed by atoms with van der Waals surface area (Å²) >= 11 is 0. The predicted octanol–water partition coefficient (Wildman–Crippen LogP) is 2.48. The summed E-state index contributed by atoms with van der Waals surface area (Å²) in [6.07, 6.45) is -0.656. The van der Waals surface area contributed by atoms with Crippen LogP contribution in [0.15, 0.2) is 35.3 Å². The van der Waals surface area contributed by atoms with Crippen LogP contribution in [0, 0.1) is 0 Å². The van der Waals surface area contributed by atoms with Gasteiger partial charge in [0.05, 0.1) is 24.5 Å². The number of hydrogen-bond acceptors (Lipinski definition) is 8. The minimum Gasteiger partial charge on any atom is -0.369 e. The number of fused-ring (bicyclic) bond motifs is 1. The van der Waals surface area contributed by atoms with E-state index < -0.39 is 36.1 Å². The van der Waals surface area contributed by atoms with E-state index in [0.717, 1.165) is 12.6 Å². The molecule has 0 saturated carbocycles. The second-order valence-corrected chi connectivity index (χ2v) is 8.99. The minimum atomic E-state index is -1.82. The van der Waals surface area contributed by atoms with Crippen LogP contribution >= 0.6 is 0 Å². The average Bonchev–Trinajstić information content (AvgIpc) is 2.83. The predicted molar refractivity (Wildman–Crippen MR) is 133 cm³/mol. The SMILES string of the molecule is CC(=O)C(F)CC(NC(=O)c1ccc(N(C)Cc2cnc3nc(C(C)C)[nH]c(=O)c3n2)cc1)C(C)=O. The number of hydrogen-bond donors (Lipinski definition) is 2. The van der Waals surface area contributed by atoms with Crippen LogP contribution < -0.4 is 15.8 Å². The van der Waals surface area contributed by atoms with Crippen molar-refractivity contribution < 1.29 is 18.8 Å². The molecule has 11 heteroatoms. The molecule has 0 spiro atoms. The number of aromatic nitrogens is 4. The first-order valence-electron chi connectivity index (χ1n) is 11.5. The topological polar surface area (TPSA) is 138 Å². The van der Waals surface area contributed by atoms with Gasteiger partial charge in [-0.25, -0.2) is 19.3 Å². The molecule has 0 radical (unpaired) electrons. The Morgan fingerprint density at radius 2 is 1.75 bits per heavy atom. The fourth-order valence-electron chi connectivity index (χ4n) is 3.46. The highest BCUT2D eigenvalue weighted by Crippen LogP contribution is 2.17. The first-order chi connectivity index (χ1) is 17.0. The summed E-state index contributed by atoms with van der Waals surface area (Å²) in [6, 6.07) is 5.47. The van der Waals surface area contributed by atoms with Crippen molar-refractivity contribution >= 4 is 34.3 Å². The summed E-state index contributed by atoms with van der Waals surface area (Å²) in [6.45, 7) is 6.52. The van der Waals surface area contributed by atoms with E-state index in [4.69, 9.17) is 0 Å². The third kappa shape index (κ3) is 6.35. The zero-order valence-corrected chi connectivity index (χ0v) is 20.8. The van der Waals surface area contributed by atoms with Crippen LogP contribution in [0.2, 0.25) is 0 Å². The molecule has 0 saturated heterocycles. The van der Waals surface area contributed by atoms with Gasteiger partial charge >= 0.3 is 0 Å². The van der Waals surface area contributed by atoms with Crippen LogP contribution in [0.4, 0.5) is 10.1 Å². The second-order valence-electron chi connectivity index (χ2n) is 8.99. The Hall–Kier alpha value is -4.02. The highest BCUT2D eigenvalue weighted by atomic mass is 19.1. The van der Waals surface area contributed by atoms with Crippen molar-refractivity contribution in [1.82, 2.24) is 25.3 Å². The molecule has 2 unspecified atom stereocenters. The summed E-state index contributed by atoms with van der Waals surface area (Å²) in [5, 5.41) is 2.49.